The van der Waals surface area contributed by atoms with Crippen molar-refractivity contribution >= 4 is 62.6 Å². The molecule has 2 aromatic heterocycles. The number of aliphatic imine (C=N–C) groups is 1. The van der Waals surface area contributed by atoms with Crippen molar-refractivity contribution in [1.82, 2.24) is 14.9 Å². The highest BCUT2D eigenvalue weighted by Gasteiger charge is 2.14. The Morgan fingerprint density at radius 3 is 2.52 bits per heavy atom. The highest BCUT2D eigenvalue weighted by molar-refractivity contribution is 14.0. The van der Waals surface area contributed by atoms with Crippen LogP contribution in [0.2, 0.25) is 0 Å². The molecule has 2 aromatic rings. The van der Waals surface area contributed by atoms with Gasteiger partial charge in [-0.2, -0.15) is 0 Å². The maximum Gasteiger partial charge on any atom is 0.250 e. The van der Waals surface area contributed by atoms with Crippen LogP contribution in [0.3, 0.4) is 0 Å². The fraction of sp³-hybridized carbons (Fsp3) is 0.400. The zero-order valence-corrected chi connectivity index (χ0v) is 18.9. The summed E-state index contributed by atoms with van der Waals surface area (Å²) in [5.41, 5.74) is 0. The number of halogens is 1. The van der Waals surface area contributed by atoms with Crippen LogP contribution < -0.4 is 10.0 Å². The molecule has 0 saturated carbocycles. The predicted octanol–water partition coefficient (Wildman–Crippen LogP) is 2.46. The van der Waals surface area contributed by atoms with Gasteiger partial charge in [0.15, 0.2) is 5.96 Å². The smallest absolute Gasteiger partial charge is 0.250 e. The number of nitrogens with zero attached hydrogens (tertiary/aromatic N) is 2. The highest BCUT2D eigenvalue weighted by atomic mass is 127. The van der Waals surface area contributed by atoms with Crippen molar-refractivity contribution in [1.29, 1.82) is 0 Å². The van der Waals surface area contributed by atoms with E-state index in [0.717, 1.165) is 18.9 Å². The second-order valence-electron chi connectivity index (χ2n) is 5.05. The third-order valence-corrected chi connectivity index (χ3v) is 7.10. The van der Waals surface area contributed by atoms with E-state index in [4.69, 9.17) is 0 Å². The van der Waals surface area contributed by atoms with Crippen molar-refractivity contribution < 1.29 is 8.42 Å². The largest absolute Gasteiger partial charge is 0.355 e. The Labute approximate surface area is 174 Å². The van der Waals surface area contributed by atoms with Gasteiger partial charge in [-0.25, -0.2) is 13.1 Å². The number of rotatable bonds is 8. The molecular weight excluding hydrogens is 491 g/mol. The SMILES string of the molecule is CN=C(NCCNS(=O)(=O)c1cccs1)N(C)CCc1cccs1.I. The summed E-state index contributed by atoms with van der Waals surface area (Å²) in [6.45, 7) is 1.62. The minimum absolute atomic E-state index is 0. The van der Waals surface area contributed by atoms with Crippen molar-refractivity contribution in [2.75, 3.05) is 33.7 Å². The van der Waals surface area contributed by atoms with Gasteiger partial charge in [-0.1, -0.05) is 12.1 Å². The lowest BCUT2D eigenvalue weighted by Crippen LogP contribution is -2.43. The van der Waals surface area contributed by atoms with Crippen molar-refractivity contribution in [2.45, 2.75) is 10.6 Å². The van der Waals surface area contributed by atoms with Gasteiger partial charge >= 0.3 is 0 Å². The summed E-state index contributed by atoms with van der Waals surface area (Å²) in [5, 5.41) is 6.99. The normalized spacial score (nSPS) is 11.8. The van der Waals surface area contributed by atoms with Gasteiger partial charge < -0.3 is 10.2 Å². The zero-order valence-electron chi connectivity index (χ0n) is 14.1. The van der Waals surface area contributed by atoms with E-state index in [9.17, 15) is 8.42 Å². The van der Waals surface area contributed by atoms with Gasteiger partial charge in [-0.15, -0.1) is 46.7 Å². The van der Waals surface area contributed by atoms with Crippen LogP contribution in [0.4, 0.5) is 0 Å². The van der Waals surface area contributed by atoms with Crippen LogP contribution in [-0.2, 0) is 16.4 Å². The number of hydrogen-bond acceptors (Lipinski definition) is 5. The molecule has 140 valence electrons. The first-order chi connectivity index (χ1) is 11.5. The molecule has 2 N–H and O–H groups in total. The number of sulfonamides is 1. The Morgan fingerprint density at radius 2 is 1.92 bits per heavy atom. The molecule has 0 unspecified atom stereocenters. The second kappa shape index (κ2) is 11.1. The van der Waals surface area contributed by atoms with E-state index >= 15 is 0 Å². The van der Waals surface area contributed by atoms with Crippen LogP contribution >= 0.6 is 46.7 Å². The average Bonchev–Trinajstić information content (AvgIpc) is 3.26. The van der Waals surface area contributed by atoms with Crippen molar-refractivity contribution in [3.05, 3.63) is 39.9 Å². The lowest BCUT2D eigenvalue weighted by molar-refractivity contribution is 0.486. The Morgan fingerprint density at radius 1 is 1.20 bits per heavy atom. The third kappa shape index (κ3) is 7.21. The lowest BCUT2D eigenvalue weighted by Gasteiger charge is -2.21. The summed E-state index contributed by atoms with van der Waals surface area (Å²) in [4.78, 5) is 7.60. The molecule has 0 fully saturated rings. The number of likely N-dealkylation sites (N-methyl/N-ethyl adjacent to an activating group) is 1. The number of thiophene rings is 2. The van der Waals surface area contributed by atoms with Crippen LogP contribution in [-0.4, -0.2) is 53.0 Å². The van der Waals surface area contributed by atoms with Crippen LogP contribution in [0.1, 0.15) is 4.88 Å². The quantitative estimate of drug-likeness (QED) is 0.246. The maximum atomic E-state index is 12.0. The van der Waals surface area contributed by atoms with E-state index in [-0.39, 0.29) is 24.0 Å². The molecule has 10 heteroatoms. The summed E-state index contributed by atoms with van der Waals surface area (Å²) in [6, 6.07) is 7.49. The summed E-state index contributed by atoms with van der Waals surface area (Å²) >= 11 is 2.95. The molecule has 0 aliphatic rings. The first-order valence-electron chi connectivity index (χ1n) is 7.50. The monoisotopic (exact) mass is 514 g/mol. The fourth-order valence-corrected chi connectivity index (χ4v) is 4.84. The maximum absolute atomic E-state index is 12.0. The first kappa shape index (κ1) is 22.4. The molecule has 0 saturated heterocycles. The summed E-state index contributed by atoms with van der Waals surface area (Å²) in [5.74, 6) is 0.752. The van der Waals surface area contributed by atoms with E-state index in [1.54, 1.807) is 35.9 Å². The zero-order chi connectivity index (χ0) is 17.4. The molecule has 0 spiro atoms. The molecule has 0 atom stereocenters. The molecular formula is C15H23IN4O2S3. The predicted molar refractivity (Wildman–Crippen MR) is 117 cm³/mol. The molecule has 0 aliphatic carbocycles. The highest BCUT2D eigenvalue weighted by Crippen LogP contribution is 2.14. The summed E-state index contributed by atoms with van der Waals surface area (Å²) in [7, 11) is 0.288. The van der Waals surface area contributed by atoms with Crippen molar-refractivity contribution in [3.8, 4) is 0 Å². The van der Waals surface area contributed by atoms with E-state index < -0.39 is 10.0 Å². The van der Waals surface area contributed by atoms with Crippen LogP contribution in [0.15, 0.2) is 44.2 Å². The Hall–Kier alpha value is -0.690. The Kier molecular flexibility index (Phi) is 9.94. The van der Waals surface area contributed by atoms with Gasteiger partial charge in [0, 0.05) is 38.6 Å². The van der Waals surface area contributed by atoms with Crippen LogP contribution in [0.25, 0.3) is 0 Å². The molecule has 2 heterocycles. The molecule has 0 radical (unpaired) electrons. The van der Waals surface area contributed by atoms with E-state index in [2.05, 4.69) is 26.5 Å². The lowest BCUT2D eigenvalue weighted by atomic mass is 10.3. The second-order valence-corrected chi connectivity index (χ2v) is 9.03. The van der Waals surface area contributed by atoms with E-state index in [1.165, 1.54) is 16.2 Å². The fourth-order valence-electron chi connectivity index (χ4n) is 2.07. The van der Waals surface area contributed by atoms with E-state index in [0.29, 0.717) is 17.3 Å². The average molecular weight is 514 g/mol. The van der Waals surface area contributed by atoms with Crippen LogP contribution in [0.5, 0.6) is 0 Å². The summed E-state index contributed by atoms with van der Waals surface area (Å²) in [6.07, 6.45) is 0.958. The molecule has 0 amide bonds. The minimum atomic E-state index is -3.41. The van der Waals surface area contributed by atoms with Gasteiger partial charge in [0.05, 0.1) is 0 Å². The number of nitrogens with one attached hydrogen (secondary N) is 2. The van der Waals surface area contributed by atoms with Crippen LogP contribution in [0, 0.1) is 0 Å². The first-order valence-corrected chi connectivity index (χ1v) is 10.7. The van der Waals surface area contributed by atoms with Gasteiger partial charge in [-0.3, -0.25) is 4.99 Å². The molecule has 2 rings (SSSR count). The van der Waals surface area contributed by atoms with Gasteiger partial charge in [0.1, 0.15) is 4.21 Å². The van der Waals surface area contributed by atoms with Crippen molar-refractivity contribution in [3.63, 3.8) is 0 Å². The number of hydrogen-bond donors (Lipinski definition) is 2. The topological polar surface area (TPSA) is 73.8 Å². The molecule has 0 aliphatic heterocycles. The molecule has 6 nitrogen and oxygen atoms in total. The van der Waals surface area contributed by atoms with Gasteiger partial charge in [0.2, 0.25) is 10.0 Å². The standard InChI is InChI=1S/C15H22N4O2S3.HI/c1-16-15(19(2)10-7-13-5-3-11-22-13)17-8-9-18-24(20,21)14-6-4-12-23-14;/h3-6,11-12,18H,7-10H2,1-2H3,(H,16,17);1H. The Balaban J connectivity index is 0.00000312. The van der Waals surface area contributed by atoms with Gasteiger partial charge in [-0.05, 0) is 29.3 Å². The molecule has 0 aromatic carbocycles. The molecule has 25 heavy (non-hydrogen) atoms. The number of guanidine groups is 1. The van der Waals surface area contributed by atoms with Gasteiger partial charge in [0.25, 0.3) is 0 Å². The van der Waals surface area contributed by atoms with E-state index in [1.807, 2.05) is 18.0 Å². The molecule has 0 bridgehead atoms. The third-order valence-electron chi connectivity index (χ3n) is 3.31. The van der Waals surface area contributed by atoms with Crippen molar-refractivity contribution in [2.24, 2.45) is 4.99 Å². The Bertz CT molecular complexity index is 731. The minimum Gasteiger partial charge on any atom is -0.355 e. The summed E-state index contributed by atoms with van der Waals surface area (Å²) < 4.78 is 26.9.